The number of hydrogen-bond donors (Lipinski definition) is 2. The van der Waals surface area contributed by atoms with E-state index in [9.17, 15) is 9.59 Å². The molecule has 1 aromatic heterocycles. The number of ether oxygens (including phenoxy) is 2. The highest BCUT2D eigenvalue weighted by molar-refractivity contribution is 7.98. The molecular weight excluding hydrogens is 410 g/mol. The van der Waals surface area contributed by atoms with E-state index in [0.717, 1.165) is 10.6 Å². The van der Waals surface area contributed by atoms with E-state index in [1.54, 1.807) is 35.3 Å². The van der Waals surface area contributed by atoms with Gasteiger partial charge in [-0.3, -0.25) is 14.9 Å². The third-order valence-electron chi connectivity index (χ3n) is 4.13. The predicted octanol–water partition coefficient (Wildman–Crippen LogP) is 4.03. The van der Waals surface area contributed by atoms with Crippen LogP contribution in [0.25, 0.3) is 0 Å². The lowest BCUT2D eigenvalue weighted by atomic mass is 10.2. The van der Waals surface area contributed by atoms with Crippen molar-refractivity contribution in [3.8, 4) is 11.5 Å². The Hall–Kier alpha value is -3.04. The van der Waals surface area contributed by atoms with Gasteiger partial charge in [0.2, 0.25) is 12.7 Å². The molecule has 1 aliphatic rings. The molecule has 29 heavy (non-hydrogen) atoms. The maximum absolute atomic E-state index is 12.4. The minimum Gasteiger partial charge on any atom is -0.454 e. The number of fused-ring (bicyclic) bond motifs is 1. The van der Waals surface area contributed by atoms with E-state index in [1.807, 2.05) is 30.5 Å². The molecule has 0 saturated carbocycles. The first-order chi connectivity index (χ1) is 14.1. The molecule has 0 radical (unpaired) electrons. The first-order valence-corrected chi connectivity index (χ1v) is 10.8. The first-order valence-electron chi connectivity index (χ1n) is 8.70. The van der Waals surface area contributed by atoms with Gasteiger partial charge in [-0.25, -0.2) is 4.98 Å². The molecule has 7 nitrogen and oxygen atoms in total. The zero-order valence-electron chi connectivity index (χ0n) is 15.4. The van der Waals surface area contributed by atoms with Crippen molar-refractivity contribution in [2.24, 2.45) is 0 Å². The summed E-state index contributed by atoms with van der Waals surface area (Å²) in [6.07, 6.45) is 2.08. The second-order valence-corrected chi connectivity index (χ2v) is 7.80. The van der Waals surface area contributed by atoms with E-state index < -0.39 is 0 Å². The van der Waals surface area contributed by atoms with Crippen LogP contribution in [0.5, 0.6) is 11.5 Å². The topological polar surface area (TPSA) is 89.6 Å². The zero-order valence-corrected chi connectivity index (χ0v) is 17.1. The maximum atomic E-state index is 12.4. The Morgan fingerprint density at radius 2 is 1.97 bits per heavy atom. The van der Waals surface area contributed by atoms with Gasteiger partial charge in [-0.05, 0) is 36.6 Å². The molecule has 0 unspecified atom stereocenters. The van der Waals surface area contributed by atoms with E-state index in [4.69, 9.17) is 9.47 Å². The lowest BCUT2D eigenvalue weighted by Gasteiger charge is -2.08. The zero-order chi connectivity index (χ0) is 20.2. The molecule has 2 heterocycles. The summed E-state index contributed by atoms with van der Waals surface area (Å²) in [5.41, 5.74) is 1.81. The van der Waals surface area contributed by atoms with Crippen LogP contribution >= 0.6 is 23.1 Å². The van der Waals surface area contributed by atoms with Crippen molar-refractivity contribution in [1.82, 2.24) is 4.98 Å². The number of carbonyl (C=O) groups is 2. The van der Waals surface area contributed by atoms with Crippen molar-refractivity contribution < 1.29 is 19.1 Å². The number of nitrogens with one attached hydrogen (secondary N) is 2. The molecule has 3 aromatic rings. The molecule has 0 spiro atoms. The highest BCUT2D eigenvalue weighted by Crippen LogP contribution is 2.32. The molecule has 9 heteroatoms. The number of anilines is 2. The lowest BCUT2D eigenvalue weighted by Crippen LogP contribution is -2.15. The number of thiazole rings is 1. The maximum Gasteiger partial charge on any atom is 0.257 e. The van der Waals surface area contributed by atoms with Crippen LogP contribution in [0.15, 0.2) is 52.7 Å². The van der Waals surface area contributed by atoms with Gasteiger partial charge in [0, 0.05) is 15.8 Å². The molecule has 148 valence electrons. The smallest absolute Gasteiger partial charge is 0.257 e. The van der Waals surface area contributed by atoms with Gasteiger partial charge in [-0.2, -0.15) is 0 Å². The Balaban J connectivity index is 1.37. The molecule has 2 amide bonds. The molecular formula is C20H17N3O4S2. The lowest BCUT2D eigenvalue weighted by molar-refractivity contribution is -0.115. The minimum atomic E-state index is -0.303. The summed E-state index contributed by atoms with van der Waals surface area (Å²) in [5, 5.41) is 7.84. The van der Waals surface area contributed by atoms with E-state index in [2.05, 4.69) is 15.6 Å². The second kappa shape index (κ2) is 8.54. The fraction of sp³-hybridized carbons (Fsp3) is 0.150. The highest BCUT2D eigenvalue weighted by Gasteiger charge is 2.17. The largest absolute Gasteiger partial charge is 0.454 e. The summed E-state index contributed by atoms with van der Waals surface area (Å²) in [7, 11) is 0. The number of nitrogens with zero attached hydrogens (tertiary/aromatic N) is 1. The van der Waals surface area contributed by atoms with Crippen molar-refractivity contribution in [2.75, 3.05) is 23.7 Å². The van der Waals surface area contributed by atoms with E-state index >= 15 is 0 Å². The monoisotopic (exact) mass is 427 g/mol. The van der Waals surface area contributed by atoms with Crippen LogP contribution < -0.4 is 20.1 Å². The van der Waals surface area contributed by atoms with Crippen molar-refractivity contribution in [1.29, 1.82) is 0 Å². The van der Waals surface area contributed by atoms with Crippen LogP contribution in [0.2, 0.25) is 0 Å². The number of thioether (sulfide) groups is 1. The summed E-state index contributed by atoms with van der Waals surface area (Å²) in [5.74, 6) is 0.694. The quantitative estimate of drug-likeness (QED) is 0.578. The number of benzene rings is 2. The highest BCUT2D eigenvalue weighted by atomic mass is 32.2. The molecule has 0 fully saturated rings. The average Bonchev–Trinajstić information content (AvgIpc) is 3.36. The molecule has 1 aliphatic heterocycles. The molecule has 4 rings (SSSR count). The van der Waals surface area contributed by atoms with Gasteiger partial charge in [-0.1, -0.05) is 12.1 Å². The predicted molar refractivity (Wildman–Crippen MR) is 113 cm³/mol. The standard InChI is InChI=1S/C20H17N3O4S2/c1-28-17-5-3-2-4-14(17)22-18(24)9-13-10-29-20(21-13)23-19(25)12-6-7-15-16(8-12)27-11-26-15/h2-8,10H,9,11H2,1H3,(H,22,24)(H,21,23,25). The summed E-state index contributed by atoms with van der Waals surface area (Å²) in [6, 6.07) is 12.6. The molecule has 0 aliphatic carbocycles. The molecule has 0 saturated heterocycles. The fourth-order valence-corrected chi connectivity index (χ4v) is 4.02. The third kappa shape index (κ3) is 4.52. The average molecular weight is 428 g/mol. The number of amides is 2. The molecule has 2 aromatic carbocycles. The summed E-state index contributed by atoms with van der Waals surface area (Å²) in [4.78, 5) is 30.1. The number of rotatable bonds is 6. The van der Waals surface area contributed by atoms with Crippen molar-refractivity contribution in [3.05, 3.63) is 59.1 Å². The summed E-state index contributed by atoms with van der Waals surface area (Å²) in [6.45, 7) is 0.153. The van der Waals surface area contributed by atoms with Gasteiger partial charge >= 0.3 is 0 Å². The second-order valence-electron chi connectivity index (χ2n) is 6.09. The Bertz CT molecular complexity index is 1070. The van der Waals surface area contributed by atoms with E-state index in [0.29, 0.717) is 27.9 Å². The SMILES string of the molecule is CSc1ccccc1NC(=O)Cc1csc(NC(=O)c2ccc3c(c2)OCO3)n1. The Morgan fingerprint density at radius 1 is 1.14 bits per heavy atom. The number of aromatic nitrogens is 1. The van der Waals surface area contributed by atoms with E-state index in [1.165, 1.54) is 11.3 Å². The summed E-state index contributed by atoms with van der Waals surface area (Å²) >= 11 is 2.84. The van der Waals surface area contributed by atoms with Crippen molar-refractivity contribution in [3.63, 3.8) is 0 Å². The van der Waals surface area contributed by atoms with Gasteiger partial charge in [-0.15, -0.1) is 23.1 Å². The Morgan fingerprint density at radius 3 is 2.83 bits per heavy atom. The van der Waals surface area contributed by atoms with Gasteiger partial charge < -0.3 is 14.8 Å². The first kappa shape index (κ1) is 19.3. The summed E-state index contributed by atoms with van der Waals surface area (Å²) < 4.78 is 10.5. The van der Waals surface area contributed by atoms with Crippen molar-refractivity contribution in [2.45, 2.75) is 11.3 Å². The molecule has 2 N–H and O–H groups in total. The van der Waals surface area contributed by atoms with Gasteiger partial charge in [0.05, 0.1) is 17.8 Å². The minimum absolute atomic E-state index is 0.124. The van der Waals surface area contributed by atoms with E-state index in [-0.39, 0.29) is 25.0 Å². The number of carbonyl (C=O) groups excluding carboxylic acids is 2. The normalized spacial score (nSPS) is 11.9. The number of para-hydroxylation sites is 1. The van der Waals surface area contributed by atoms with Crippen LogP contribution in [0.1, 0.15) is 16.1 Å². The van der Waals surface area contributed by atoms with Crippen molar-refractivity contribution >= 4 is 45.7 Å². The molecule has 0 bridgehead atoms. The van der Waals surface area contributed by atoms with Crippen LogP contribution in [0.3, 0.4) is 0 Å². The van der Waals surface area contributed by atoms with Crippen LogP contribution in [-0.4, -0.2) is 29.8 Å². The van der Waals surface area contributed by atoms with Gasteiger partial charge in [0.1, 0.15) is 0 Å². The number of hydrogen-bond acceptors (Lipinski definition) is 7. The van der Waals surface area contributed by atoms with Crippen LogP contribution in [0.4, 0.5) is 10.8 Å². The molecule has 0 atom stereocenters. The Kier molecular flexibility index (Phi) is 5.68. The Labute approximate surface area is 175 Å². The third-order valence-corrected chi connectivity index (χ3v) is 5.73. The van der Waals surface area contributed by atoms with Gasteiger partial charge in [0.15, 0.2) is 16.6 Å². The van der Waals surface area contributed by atoms with Crippen LogP contribution in [-0.2, 0) is 11.2 Å². The fourth-order valence-electron chi connectivity index (χ4n) is 2.76. The van der Waals surface area contributed by atoms with Gasteiger partial charge in [0.25, 0.3) is 5.91 Å². The van der Waals surface area contributed by atoms with Crippen LogP contribution in [0, 0.1) is 0 Å².